The van der Waals surface area contributed by atoms with Crippen molar-refractivity contribution >= 4 is 11.6 Å². The highest BCUT2D eigenvalue weighted by Crippen LogP contribution is 2.26. The van der Waals surface area contributed by atoms with E-state index in [0.717, 1.165) is 25.1 Å². The van der Waals surface area contributed by atoms with Crippen molar-refractivity contribution in [3.63, 3.8) is 0 Å². The molecule has 0 bridgehead atoms. The molecule has 1 fully saturated rings. The Labute approximate surface area is 95.5 Å². The Balaban J connectivity index is 2.22. The maximum Gasteiger partial charge on any atom is 0.240 e. The largest absolute Gasteiger partial charge is 0.368 e. The van der Waals surface area contributed by atoms with E-state index < -0.39 is 0 Å². The lowest BCUT2D eigenvalue weighted by Crippen LogP contribution is -2.49. The maximum absolute atomic E-state index is 11.4. The summed E-state index contributed by atoms with van der Waals surface area (Å²) in [6.45, 7) is 4.84. The lowest BCUT2D eigenvalue weighted by atomic mass is 9.91. The molecule has 85 valence electrons. The van der Waals surface area contributed by atoms with E-state index in [4.69, 9.17) is 5.73 Å². The summed E-state index contributed by atoms with van der Waals surface area (Å²) in [5.41, 5.74) is 6.44. The Hall–Kier alpha value is -1.58. The highest BCUT2D eigenvalue weighted by Gasteiger charge is 2.30. The summed E-state index contributed by atoms with van der Waals surface area (Å²) in [6, 6.07) is 3.57. The first kappa shape index (κ1) is 10.9. The number of rotatable bonds is 2. The molecule has 0 aliphatic carbocycles. The molecular formula is C12H16N3O. The molecule has 2 heterocycles. The van der Waals surface area contributed by atoms with Gasteiger partial charge in [-0.25, -0.2) is 0 Å². The Morgan fingerprint density at radius 3 is 2.81 bits per heavy atom. The lowest BCUT2D eigenvalue weighted by Gasteiger charge is -2.38. The van der Waals surface area contributed by atoms with Crippen LogP contribution in [0.1, 0.15) is 12.8 Å². The second kappa shape index (κ2) is 4.51. The van der Waals surface area contributed by atoms with Crippen LogP contribution < -0.4 is 10.6 Å². The van der Waals surface area contributed by atoms with Crippen LogP contribution in [0.2, 0.25) is 0 Å². The summed E-state index contributed by atoms with van der Waals surface area (Å²) in [7, 11) is 0. The molecule has 4 nitrogen and oxygen atoms in total. The van der Waals surface area contributed by atoms with Gasteiger partial charge in [0.2, 0.25) is 5.91 Å². The summed E-state index contributed by atoms with van der Waals surface area (Å²) < 4.78 is 0. The van der Waals surface area contributed by atoms with Gasteiger partial charge in [-0.2, -0.15) is 0 Å². The minimum Gasteiger partial charge on any atom is -0.368 e. The molecule has 16 heavy (non-hydrogen) atoms. The molecule has 1 radical (unpaired) electrons. The number of nitrogens with zero attached hydrogens (tertiary/aromatic N) is 2. The standard InChI is InChI=1S/C12H16N3O/c1-9-4-7-15(11(8-9)12(13)16)10-2-5-14-6-3-10/h2-3,5-6,9,11H,1,4,7-8H2,(H2,13,16). The first-order chi connectivity index (χ1) is 7.68. The zero-order valence-corrected chi connectivity index (χ0v) is 9.17. The maximum atomic E-state index is 11.4. The summed E-state index contributed by atoms with van der Waals surface area (Å²) in [5, 5.41) is 0. The molecule has 2 N–H and O–H groups in total. The number of piperidine rings is 1. The van der Waals surface area contributed by atoms with Gasteiger partial charge >= 0.3 is 0 Å². The molecule has 1 aromatic heterocycles. The first-order valence-corrected chi connectivity index (χ1v) is 5.47. The van der Waals surface area contributed by atoms with Crippen LogP contribution in [-0.4, -0.2) is 23.5 Å². The molecule has 4 heteroatoms. The topological polar surface area (TPSA) is 59.2 Å². The van der Waals surface area contributed by atoms with E-state index in [0.29, 0.717) is 5.92 Å². The quantitative estimate of drug-likeness (QED) is 0.805. The number of carbonyl (C=O) groups is 1. The van der Waals surface area contributed by atoms with Crippen molar-refractivity contribution in [1.82, 2.24) is 4.98 Å². The highest BCUT2D eigenvalue weighted by molar-refractivity contribution is 5.83. The zero-order chi connectivity index (χ0) is 11.5. The molecule has 0 spiro atoms. The van der Waals surface area contributed by atoms with Gasteiger partial charge in [-0.1, -0.05) is 6.92 Å². The molecule has 2 atom stereocenters. The van der Waals surface area contributed by atoms with Crippen LogP contribution in [0.4, 0.5) is 5.69 Å². The van der Waals surface area contributed by atoms with Crippen molar-refractivity contribution in [3.05, 3.63) is 31.5 Å². The Bertz CT molecular complexity index is 366. The smallest absolute Gasteiger partial charge is 0.240 e. The number of pyridine rings is 1. The number of anilines is 1. The van der Waals surface area contributed by atoms with Crippen molar-refractivity contribution in [3.8, 4) is 0 Å². The third kappa shape index (κ3) is 2.15. The van der Waals surface area contributed by atoms with E-state index in [1.54, 1.807) is 12.4 Å². The molecule has 2 rings (SSSR count). The van der Waals surface area contributed by atoms with E-state index in [2.05, 4.69) is 11.9 Å². The van der Waals surface area contributed by atoms with E-state index in [1.807, 2.05) is 17.0 Å². The van der Waals surface area contributed by atoms with E-state index in [9.17, 15) is 4.79 Å². The number of aromatic nitrogens is 1. The molecule has 1 aromatic rings. The van der Waals surface area contributed by atoms with Gasteiger partial charge in [0.25, 0.3) is 0 Å². The van der Waals surface area contributed by atoms with Crippen LogP contribution in [-0.2, 0) is 4.79 Å². The van der Waals surface area contributed by atoms with Gasteiger partial charge in [0.15, 0.2) is 0 Å². The number of hydrogen-bond donors (Lipinski definition) is 1. The summed E-state index contributed by atoms with van der Waals surface area (Å²) in [6.07, 6.45) is 5.18. The van der Waals surface area contributed by atoms with Gasteiger partial charge in [-0.15, -0.1) is 0 Å². The molecule has 0 aromatic carbocycles. The molecule has 1 aliphatic rings. The molecule has 2 unspecified atom stereocenters. The summed E-state index contributed by atoms with van der Waals surface area (Å²) in [4.78, 5) is 17.4. The number of amides is 1. The fourth-order valence-corrected chi connectivity index (χ4v) is 2.15. The first-order valence-electron chi connectivity index (χ1n) is 5.47. The minimum atomic E-state index is -0.273. The average Bonchev–Trinajstić information content (AvgIpc) is 2.30. The third-order valence-corrected chi connectivity index (χ3v) is 3.03. The molecule has 1 amide bonds. The van der Waals surface area contributed by atoms with Gasteiger partial charge < -0.3 is 10.6 Å². The van der Waals surface area contributed by atoms with Crippen LogP contribution in [0.3, 0.4) is 0 Å². The van der Waals surface area contributed by atoms with Gasteiger partial charge in [-0.05, 0) is 30.9 Å². The fourth-order valence-electron chi connectivity index (χ4n) is 2.15. The van der Waals surface area contributed by atoms with Crippen molar-refractivity contribution in [2.24, 2.45) is 11.7 Å². The third-order valence-electron chi connectivity index (χ3n) is 3.03. The zero-order valence-electron chi connectivity index (χ0n) is 9.17. The second-order valence-corrected chi connectivity index (χ2v) is 4.21. The van der Waals surface area contributed by atoms with Crippen molar-refractivity contribution in [2.45, 2.75) is 18.9 Å². The van der Waals surface area contributed by atoms with Crippen LogP contribution in [0.15, 0.2) is 24.5 Å². The molecule has 1 aliphatic heterocycles. The Morgan fingerprint density at radius 2 is 2.19 bits per heavy atom. The van der Waals surface area contributed by atoms with Crippen molar-refractivity contribution in [1.29, 1.82) is 0 Å². The second-order valence-electron chi connectivity index (χ2n) is 4.21. The van der Waals surface area contributed by atoms with Gasteiger partial charge in [0.05, 0.1) is 0 Å². The molecule has 1 saturated heterocycles. The minimum absolute atomic E-state index is 0.237. The molecular weight excluding hydrogens is 202 g/mol. The van der Waals surface area contributed by atoms with E-state index >= 15 is 0 Å². The number of nitrogens with two attached hydrogens (primary N) is 1. The Morgan fingerprint density at radius 1 is 1.50 bits per heavy atom. The van der Waals surface area contributed by atoms with Crippen LogP contribution in [0.25, 0.3) is 0 Å². The van der Waals surface area contributed by atoms with Crippen LogP contribution in [0, 0.1) is 12.8 Å². The SMILES string of the molecule is [CH2]C1CCN(c2ccncc2)C(C(N)=O)C1. The highest BCUT2D eigenvalue weighted by atomic mass is 16.1. The van der Waals surface area contributed by atoms with Crippen molar-refractivity contribution < 1.29 is 4.79 Å². The lowest BCUT2D eigenvalue weighted by molar-refractivity contribution is -0.119. The predicted molar refractivity (Wildman–Crippen MR) is 62.6 cm³/mol. The molecule has 0 saturated carbocycles. The normalized spacial score (nSPS) is 25.4. The number of primary amides is 1. The summed E-state index contributed by atoms with van der Waals surface area (Å²) in [5.74, 6) is 0.0424. The summed E-state index contributed by atoms with van der Waals surface area (Å²) >= 11 is 0. The Kier molecular flexibility index (Phi) is 3.08. The monoisotopic (exact) mass is 218 g/mol. The van der Waals surface area contributed by atoms with Crippen LogP contribution in [0.5, 0.6) is 0 Å². The van der Waals surface area contributed by atoms with Gasteiger partial charge in [0, 0.05) is 24.6 Å². The number of carbonyl (C=O) groups excluding carboxylic acids is 1. The van der Waals surface area contributed by atoms with E-state index in [1.165, 1.54) is 0 Å². The number of hydrogen-bond acceptors (Lipinski definition) is 3. The average molecular weight is 218 g/mol. The van der Waals surface area contributed by atoms with Gasteiger partial charge in [0.1, 0.15) is 6.04 Å². The van der Waals surface area contributed by atoms with Crippen molar-refractivity contribution in [2.75, 3.05) is 11.4 Å². The predicted octanol–water partition coefficient (Wildman–Crippen LogP) is 0.986. The van der Waals surface area contributed by atoms with Gasteiger partial charge in [-0.3, -0.25) is 9.78 Å². The fraction of sp³-hybridized carbons (Fsp3) is 0.417. The van der Waals surface area contributed by atoms with Crippen LogP contribution >= 0.6 is 0 Å². The van der Waals surface area contributed by atoms with E-state index in [-0.39, 0.29) is 11.9 Å².